The third kappa shape index (κ3) is 9.18. The number of nitrogens with zero attached hydrogens (tertiary/aromatic N) is 2. The number of hydrogen-bond donors (Lipinski definition) is 0. The van der Waals surface area contributed by atoms with Crippen molar-refractivity contribution in [1.29, 1.82) is 0 Å². The fraction of sp³-hybridized carbons (Fsp3) is 0.500. The maximum Gasteiger partial charge on any atom is 1.00 e. The summed E-state index contributed by atoms with van der Waals surface area (Å²) in [6.07, 6.45) is 6.14. The highest BCUT2D eigenvalue weighted by Gasteiger charge is 2.20. The van der Waals surface area contributed by atoms with E-state index in [9.17, 15) is 17.3 Å². The van der Waals surface area contributed by atoms with Gasteiger partial charge in [0.1, 0.15) is 0 Å². The average Bonchev–Trinajstić information content (AvgIpc) is 2.50. The van der Waals surface area contributed by atoms with E-state index in [4.69, 9.17) is 0 Å². The first-order valence-corrected chi connectivity index (χ1v) is 4.51. The quantitative estimate of drug-likeness (QED) is 0.414. The lowest BCUT2D eigenvalue weighted by atomic mass is 10.3. The van der Waals surface area contributed by atoms with Gasteiger partial charge in [-0.2, -0.15) is 0 Å². The van der Waals surface area contributed by atoms with Gasteiger partial charge in [-0.05, 0) is 6.92 Å². The maximum absolute atomic E-state index is 9.75. The molecule has 7 heteroatoms. The highest BCUT2D eigenvalue weighted by Crippen LogP contribution is 2.06. The van der Waals surface area contributed by atoms with E-state index in [1.807, 2.05) is 6.08 Å². The Balaban J connectivity index is 0. The van der Waals surface area contributed by atoms with Crippen LogP contribution >= 0.6 is 0 Å². The van der Waals surface area contributed by atoms with E-state index in [2.05, 4.69) is 35.7 Å². The maximum atomic E-state index is 9.75. The zero-order valence-corrected chi connectivity index (χ0v) is 8.54. The van der Waals surface area contributed by atoms with E-state index in [0.717, 1.165) is 19.8 Å². The highest BCUT2D eigenvalue weighted by molar-refractivity contribution is 6.50. The first-order valence-electron chi connectivity index (χ1n) is 4.51. The van der Waals surface area contributed by atoms with Crippen LogP contribution in [0.15, 0.2) is 25.1 Å². The molecule has 1 aliphatic rings. The topological polar surface area (TPSA) is 6.48 Å². The molecule has 0 radical (unpaired) electrons. The summed E-state index contributed by atoms with van der Waals surface area (Å²) in [7, 11) is -6.00. The predicted molar refractivity (Wildman–Crippen MR) is 54.6 cm³/mol. The van der Waals surface area contributed by atoms with Crippen LogP contribution in [-0.2, 0) is 0 Å². The zero-order valence-electron chi connectivity index (χ0n) is 9.54. The van der Waals surface area contributed by atoms with Crippen LogP contribution in [0.1, 0.15) is 8.35 Å². The van der Waals surface area contributed by atoms with Gasteiger partial charge in [0.25, 0.3) is 0 Å². The minimum Gasteiger partial charge on any atom is -0.418 e. The second kappa shape index (κ2) is 6.37. The van der Waals surface area contributed by atoms with Crippen LogP contribution in [0, 0.1) is 0 Å². The van der Waals surface area contributed by atoms with Crippen LogP contribution in [0.2, 0.25) is 0 Å². The molecule has 0 saturated heterocycles. The molecule has 1 aliphatic heterocycles. The fourth-order valence-electron chi connectivity index (χ4n) is 1.01. The number of hydrogen-bond acceptors (Lipinski definition) is 2. The molecular formula is C8H15BF4N2. The molecule has 0 spiro atoms. The Morgan fingerprint density at radius 3 is 2.13 bits per heavy atom. The Morgan fingerprint density at radius 2 is 1.80 bits per heavy atom. The van der Waals surface area contributed by atoms with Crippen molar-refractivity contribution in [2.45, 2.75) is 6.92 Å². The van der Waals surface area contributed by atoms with E-state index < -0.39 is 7.25 Å². The third-order valence-corrected chi connectivity index (χ3v) is 1.62. The molecule has 0 N–H and O–H groups in total. The first kappa shape index (κ1) is 13.9. The molecule has 0 saturated carbocycles. The normalized spacial score (nSPS) is 15.0. The lowest BCUT2D eigenvalue weighted by Crippen LogP contribution is -2.24. The van der Waals surface area contributed by atoms with Gasteiger partial charge in [-0.3, -0.25) is 0 Å². The molecule has 0 aromatic carbocycles. The molecule has 0 atom stereocenters. The van der Waals surface area contributed by atoms with Gasteiger partial charge >= 0.3 is 8.68 Å². The molecule has 1 rings (SSSR count). The standard InChI is InChI=1S/C8H14N2.BF4/c1-3-5-10-7-6-9(4-2)8-10;2-1(3,4)5/h3,6-7H,1,4-5,8H2,2H3;/q;-1/p+1. The Kier molecular flexibility index (Phi) is 5.89. The highest BCUT2D eigenvalue weighted by atomic mass is 19.5. The first-order chi connectivity index (χ1) is 6.86. The molecule has 0 unspecified atom stereocenters. The van der Waals surface area contributed by atoms with Crippen molar-refractivity contribution in [2.24, 2.45) is 0 Å². The van der Waals surface area contributed by atoms with Crippen molar-refractivity contribution in [2.75, 3.05) is 19.8 Å². The third-order valence-electron chi connectivity index (χ3n) is 1.62. The van der Waals surface area contributed by atoms with E-state index in [1.54, 1.807) is 0 Å². The molecule has 0 aromatic heterocycles. The summed E-state index contributed by atoms with van der Waals surface area (Å²) in [5.74, 6) is 0. The van der Waals surface area contributed by atoms with Crippen LogP contribution in [0.4, 0.5) is 17.3 Å². The molecule has 0 fully saturated rings. The molecule has 0 aromatic rings. The molecular weight excluding hydrogens is 211 g/mol. The largest absolute Gasteiger partial charge is 1.00 e. The van der Waals surface area contributed by atoms with Crippen LogP contribution in [0.25, 0.3) is 0 Å². The van der Waals surface area contributed by atoms with E-state index in [0.29, 0.717) is 0 Å². The van der Waals surface area contributed by atoms with Gasteiger partial charge in [-0.15, -0.1) is 6.58 Å². The summed E-state index contributed by atoms with van der Waals surface area (Å²) in [6, 6.07) is 0. The lowest BCUT2D eigenvalue weighted by Gasteiger charge is -2.17. The summed E-state index contributed by atoms with van der Waals surface area (Å²) in [4.78, 5) is 4.47. The summed E-state index contributed by atoms with van der Waals surface area (Å²) >= 11 is 0. The molecule has 2 nitrogen and oxygen atoms in total. The molecule has 1 heterocycles. The van der Waals surface area contributed by atoms with Gasteiger partial charge in [0, 0.05) is 25.5 Å². The van der Waals surface area contributed by atoms with Crippen molar-refractivity contribution in [3.63, 3.8) is 0 Å². The minimum absolute atomic E-state index is 0. The van der Waals surface area contributed by atoms with Gasteiger partial charge in [-0.25, -0.2) is 0 Å². The Morgan fingerprint density at radius 1 is 1.33 bits per heavy atom. The summed E-state index contributed by atoms with van der Waals surface area (Å²) < 4.78 is 39.0. The smallest absolute Gasteiger partial charge is 0.418 e. The van der Waals surface area contributed by atoms with Gasteiger partial charge in [0.15, 0.2) is 0 Å². The van der Waals surface area contributed by atoms with Crippen molar-refractivity contribution in [3.8, 4) is 0 Å². The van der Waals surface area contributed by atoms with Crippen molar-refractivity contribution in [3.05, 3.63) is 25.1 Å². The van der Waals surface area contributed by atoms with E-state index in [1.165, 1.54) is 0 Å². The summed E-state index contributed by atoms with van der Waals surface area (Å²) in [5.41, 5.74) is 0. The van der Waals surface area contributed by atoms with Crippen LogP contribution in [0.3, 0.4) is 0 Å². The lowest BCUT2D eigenvalue weighted by molar-refractivity contribution is 0.291. The second-order valence-electron chi connectivity index (χ2n) is 2.90. The molecule has 15 heavy (non-hydrogen) atoms. The van der Waals surface area contributed by atoms with Crippen LogP contribution in [0.5, 0.6) is 0 Å². The van der Waals surface area contributed by atoms with Gasteiger partial charge in [-0.1, -0.05) is 6.08 Å². The van der Waals surface area contributed by atoms with Gasteiger partial charge in [0.05, 0.1) is 6.67 Å². The van der Waals surface area contributed by atoms with Crippen molar-refractivity contribution in [1.82, 2.24) is 9.80 Å². The van der Waals surface area contributed by atoms with E-state index in [-0.39, 0.29) is 1.43 Å². The Labute approximate surface area is 88.4 Å². The SMILES string of the molecule is C=CCN1C=CN(CC)C1.F[B-](F)(F)F.[H+]. The summed E-state index contributed by atoms with van der Waals surface area (Å²) in [6.45, 7) is 8.89. The monoisotopic (exact) mass is 226 g/mol. The molecule has 88 valence electrons. The Hall–Kier alpha value is -1.14. The summed E-state index contributed by atoms with van der Waals surface area (Å²) in [5, 5.41) is 0. The molecule has 0 amide bonds. The van der Waals surface area contributed by atoms with Gasteiger partial charge in [0.2, 0.25) is 0 Å². The predicted octanol–water partition coefficient (Wildman–Crippen LogP) is 2.65. The van der Waals surface area contributed by atoms with Crippen LogP contribution < -0.4 is 0 Å². The zero-order chi connectivity index (χ0) is 11.9. The average molecular weight is 226 g/mol. The van der Waals surface area contributed by atoms with Crippen molar-refractivity contribution < 1.29 is 18.7 Å². The number of halogens is 4. The fourth-order valence-corrected chi connectivity index (χ4v) is 1.01. The minimum atomic E-state index is -6.00. The van der Waals surface area contributed by atoms with E-state index >= 15 is 0 Å². The number of rotatable bonds is 3. The van der Waals surface area contributed by atoms with Gasteiger partial charge < -0.3 is 27.1 Å². The second-order valence-corrected chi connectivity index (χ2v) is 2.90. The molecule has 0 aliphatic carbocycles. The molecule has 0 bridgehead atoms. The Bertz CT molecular complexity index is 217. The van der Waals surface area contributed by atoms with Crippen molar-refractivity contribution >= 4 is 7.25 Å². The van der Waals surface area contributed by atoms with Crippen LogP contribution in [-0.4, -0.2) is 36.8 Å².